The Balaban J connectivity index is 2.80. The number of rotatable bonds is 2. The largest absolute Gasteiger partial charge is 0.507 e. The number of aromatic hydroxyl groups is 1. The van der Waals surface area contributed by atoms with Crippen LogP contribution in [0.25, 0.3) is 6.08 Å². The van der Waals surface area contributed by atoms with Crippen molar-refractivity contribution in [3.63, 3.8) is 0 Å². The number of benzene rings is 1. The van der Waals surface area contributed by atoms with Crippen LogP contribution in [0, 0.1) is 0 Å². The maximum Gasteiger partial charge on any atom is 0.243 e. The fourth-order valence-corrected chi connectivity index (χ4v) is 0.877. The molecular weight excluding hydrogens is 166 g/mol. The molecule has 0 fully saturated rings. The van der Waals surface area contributed by atoms with Crippen molar-refractivity contribution < 1.29 is 9.90 Å². The maximum absolute atomic E-state index is 10.8. The third-order valence-corrected chi connectivity index (χ3v) is 1.60. The van der Waals surface area contributed by atoms with Crippen LogP contribution in [-0.4, -0.2) is 18.1 Å². The predicted molar refractivity (Wildman–Crippen MR) is 51.2 cm³/mol. The molecule has 0 aliphatic rings. The summed E-state index contributed by atoms with van der Waals surface area (Å²) in [4.78, 5) is 10.8. The summed E-state index contributed by atoms with van der Waals surface area (Å²) in [6.07, 6.45) is 2.93. The molecule has 0 saturated carbocycles. The second-order valence-corrected chi connectivity index (χ2v) is 2.51. The third-order valence-electron chi connectivity index (χ3n) is 1.60. The number of hydrogen-bond acceptors (Lipinski definition) is 2. The molecule has 68 valence electrons. The van der Waals surface area contributed by atoms with Gasteiger partial charge >= 0.3 is 0 Å². The van der Waals surface area contributed by atoms with Crippen LogP contribution in [0.3, 0.4) is 0 Å². The van der Waals surface area contributed by atoms with Crippen molar-refractivity contribution in [3.8, 4) is 5.75 Å². The van der Waals surface area contributed by atoms with Crippen LogP contribution in [0.4, 0.5) is 0 Å². The number of phenols is 1. The number of amides is 1. The second kappa shape index (κ2) is 4.30. The van der Waals surface area contributed by atoms with Crippen LogP contribution in [0.2, 0.25) is 0 Å². The van der Waals surface area contributed by atoms with E-state index in [2.05, 4.69) is 5.32 Å². The SMILES string of the molecule is CNC(=O)/C=C\c1ccccc1O. The first-order valence-corrected chi connectivity index (χ1v) is 3.92. The number of para-hydroxylation sites is 1. The molecule has 0 aliphatic heterocycles. The molecule has 2 N–H and O–H groups in total. The minimum atomic E-state index is -0.191. The Morgan fingerprint density at radius 1 is 1.46 bits per heavy atom. The van der Waals surface area contributed by atoms with Gasteiger partial charge in [0.1, 0.15) is 5.75 Å². The fraction of sp³-hybridized carbons (Fsp3) is 0.100. The maximum atomic E-state index is 10.8. The molecule has 0 heterocycles. The minimum Gasteiger partial charge on any atom is -0.507 e. The molecule has 0 radical (unpaired) electrons. The lowest BCUT2D eigenvalue weighted by molar-refractivity contribution is -0.115. The zero-order valence-corrected chi connectivity index (χ0v) is 7.32. The van der Waals surface area contributed by atoms with Gasteiger partial charge in [0, 0.05) is 18.7 Å². The lowest BCUT2D eigenvalue weighted by Gasteiger charge is -1.96. The van der Waals surface area contributed by atoms with Gasteiger partial charge in [-0.1, -0.05) is 18.2 Å². The van der Waals surface area contributed by atoms with Gasteiger partial charge in [-0.15, -0.1) is 0 Å². The molecule has 3 heteroatoms. The molecule has 1 aromatic rings. The van der Waals surface area contributed by atoms with Gasteiger partial charge in [-0.05, 0) is 12.1 Å². The lowest BCUT2D eigenvalue weighted by atomic mass is 10.2. The summed E-state index contributed by atoms with van der Waals surface area (Å²) in [5, 5.41) is 11.8. The highest BCUT2D eigenvalue weighted by Gasteiger charge is 1.94. The molecule has 0 spiro atoms. The van der Waals surface area contributed by atoms with Crippen molar-refractivity contribution >= 4 is 12.0 Å². The van der Waals surface area contributed by atoms with E-state index in [0.717, 1.165) is 0 Å². The van der Waals surface area contributed by atoms with Crippen molar-refractivity contribution in [3.05, 3.63) is 35.9 Å². The van der Waals surface area contributed by atoms with Crippen molar-refractivity contribution in [2.24, 2.45) is 0 Å². The Labute approximate surface area is 76.7 Å². The van der Waals surface area contributed by atoms with Crippen molar-refractivity contribution in [1.82, 2.24) is 5.32 Å². The van der Waals surface area contributed by atoms with Gasteiger partial charge < -0.3 is 10.4 Å². The van der Waals surface area contributed by atoms with Gasteiger partial charge in [0.05, 0.1) is 0 Å². The van der Waals surface area contributed by atoms with E-state index in [9.17, 15) is 9.90 Å². The van der Waals surface area contributed by atoms with Crippen LogP contribution in [0.1, 0.15) is 5.56 Å². The van der Waals surface area contributed by atoms with Crippen LogP contribution >= 0.6 is 0 Å². The summed E-state index contributed by atoms with van der Waals surface area (Å²) < 4.78 is 0. The van der Waals surface area contributed by atoms with E-state index in [1.807, 2.05) is 0 Å². The van der Waals surface area contributed by atoms with E-state index in [-0.39, 0.29) is 11.7 Å². The smallest absolute Gasteiger partial charge is 0.243 e. The first-order valence-electron chi connectivity index (χ1n) is 3.92. The van der Waals surface area contributed by atoms with E-state index in [1.54, 1.807) is 37.4 Å². The van der Waals surface area contributed by atoms with E-state index in [0.29, 0.717) is 5.56 Å². The zero-order chi connectivity index (χ0) is 9.68. The molecule has 0 atom stereocenters. The molecule has 0 aromatic heterocycles. The van der Waals surface area contributed by atoms with Crippen LogP contribution in [-0.2, 0) is 4.79 Å². The predicted octanol–water partition coefficient (Wildman–Crippen LogP) is 1.15. The van der Waals surface area contributed by atoms with E-state index < -0.39 is 0 Å². The fourth-order valence-electron chi connectivity index (χ4n) is 0.877. The van der Waals surface area contributed by atoms with Gasteiger partial charge in [0.2, 0.25) is 5.91 Å². The van der Waals surface area contributed by atoms with Crippen molar-refractivity contribution in [2.45, 2.75) is 0 Å². The normalized spacial score (nSPS) is 10.2. The molecule has 1 aromatic carbocycles. The molecule has 13 heavy (non-hydrogen) atoms. The summed E-state index contributed by atoms with van der Waals surface area (Å²) in [7, 11) is 1.55. The first-order chi connectivity index (χ1) is 6.24. The topological polar surface area (TPSA) is 49.3 Å². The quantitative estimate of drug-likeness (QED) is 0.666. The number of phenolic OH excluding ortho intramolecular Hbond substituents is 1. The van der Waals surface area contributed by atoms with Gasteiger partial charge in [-0.3, -0.25) is 4.79 Å². The number of carbonyl (C=O) groups excluding carboxylic acids is 1. The summed E-state index contributed by atoms with van der Waals surface area (Å²) in [5.41, 5.74) is 0.631. The highest BCUT2D eigenvalue weighted by atomic mass is 16.3. The van der Waals surface area contributed by atoms with Crippen LogP contribution < -0.4 is 5.32 Å². The Bertz CT molecular complexity index is 331. The number of carbonyl (C=O) groups is 1. The number of nitrogens with one attached hydrogen (secondary N) is 1. The molecular formula is C10H11NO2. The van der Waals surface area contributed by atoms with Gasteiger partial charge in [0.15, 0.2) is 0 Å². The third kappa shape index (κ3) is 2.63. The molecule has 0 aliphatic carbocycles. The minimum absolute atomic E-state index is 0.169. The molecule has 0 unspecified atom stereocenters. The van der Waals surface area contributed by atoms with Crippen molar-refractivity contribution in [1.29, 1.82) is 0 Å². The summed E-state index contributed by atoms with van der Waals surface area (Å²) in [6.45, 7) is 0. The molecule has 0 bridgehead atoms. The average molecular weight is 177 g/mol. The summed E-state index contributed by atoms with van der Waals surface area (Å²) in [6, 6.07) is 6.83. The van der Waals surface area contributed by atoms with Crippen LogP contribution in [0.15, 0.2) is 30.3 Å². The van der Waals surface area contributed by atoms with Gasteiger partial charge in [-0.2, -0.15) is 0 Å². The molecule has 1 rings (SSSR count). The highest BCUT2D eigenvalue weighted by Crippen LogP contribution is 2.16. The van der Waals surface area contributed by atoms with E-state index in [1.165, 1.54) is 6.08 Å². The Kier molecular flexibility index (Phi) is 3.09. The highest BCUT2D eigenvalue weighted by molar-refractivity contribution is 5.91. The Morgan fingerprint density at radius 2 is 2.15 bits per heavy atom. The first kappa shape index (κ1) is 9.32. The van der Waals surface area contributed by atoms with Crippen LogP contribution in [0.5, 0.6) is 5.75 Å². The molecule has 1 amide bonds. The standard InChI is InChI=1S/C10H11NO2/c1-11-10(13)7-6-8-4-2-3-5-9(8)12/h2-7,12H,1H3,(H,11,13)/b7-6-. The molecule has 0 saturated heterocycles. The zero-order valence-electron chi connectivity index (χ0n) is 7.32. The Hall–Kier alpha value is -1.77. The van der Waals surface area contributed by atoms with Gasteiger partial charge in [-0.25, -0.2) is 0 Å². The Morgan fingerprint density at radius 3 is 2.77 bits per heavy atom. The number of hydrogen-bond donors (Lipinski definition) is 2. The monoisotopic (exact) mass is 177 g/mol. The van der Waals surface area contributed by atoms with Gasteiger partial charge in [0.25, 0.3) is 0 Å². The van der Waals surface area contributed by atoms with Crippen molar-refractivity contribution in [2.75, 3.05) is 7.05 Å². The van der Waals surface area contributed by atoms with E-state index >= 15 is 0 Å². The summed E-state index contributed by atoms with van der Waals surface area (Å²) in [5.74, 6) is -0.0223. The lowest BCUT2D eigenvalue weighted by Crippen LogP contribution is -2.13. The second-order valence-electron chi connectivity index (χ2n) is 2.51. The summed E-state index contributed by atoms with van der Waals surface area (Å²) >= 11 is 0. The van der Waals surface area contributed by atoms with E-state index in [4.69, 9.17) is 0 Å². The average Bonchev–Trinajstić information content (AvgIpc) is 2.16. The molecule has 3 nitrogen and oxygen atoms in total. The number of likely N-dealkylation sites (N-methyl/N-ethyl adjacent to an activating group) is 1.